The zero-order valence-corrected chi connectivity index (χ0v) is 18.1. The molecule has 2 rings (SSSR count). The van der Waals surface area contributed by atoms with Gasteiger partial charge in [0.15, 0.2) is 0 Å². The maximum Gasteiger partial charge on any atom is 0.408 e. The summed E-state index contributed by atoms with van der Waals surface area (Å²) in [6, 6.07) is 9.88. The number of benzene rings is 1. The minimum atomic E-state index is -1.36. The second-order valence-corrected chi connectivity index (χ2v) is 6.88. The summed E-state index contributed by atoms with van der Waals surface area (Å²) in [5, 5.41) is 14.8. The number of pyridine rings is 1. The molecule has 0 saturated heterocycles. The van der Waals surface area contributed by atoms with Crippen LogP contribution in [0, 0.1) is 0 Å². The fourth-order valence-corrected chi connectivity index (χ4v) is 2.88. The number of methoxy groups -OCH3 is 2. The summed E-state index contributed by atoms with van der Waals surface area (Å²) >= 11 is 0. The van der Waals surface area contributed by atoms with Gasteiger partial charge in [-0.15, -0.1) is 0 Å². The molecule has 0 aliphatic carbocycles. The van der Waals surface area contributed by atoms with Gasteiger partial charge in [-0.05, 0) is 18.6 Å². The van der Waals surface area contributed by atoms with Crippen molar-refractivity contribution in [3.05, 3.63) is 59.8 Å². The molecule has 0 saturated carbocycles. The van der Waals surface area contributed by atoms with Crippen LogP contribution in [0.25, 0.3) is 0 Å². The lowest BCUT2D eigenvalue weighted by Gasteiger charge is -2.24. The number of ether oxygens (including phenoxy) is 3. The fourth-order valence-electron chi connectivity index (χ4n) is 2.88. The molecule has 1 aromatic carbocycles. The van der Waals surface area contributed by atoms with Crippen LogP contribution in [-0.4, -0.2) is 60.5 Å². The lowest BCUT2D eigenvalue weighted by atomic mass is 10.1. The zero-order valence-electron chi connectivity index (χ0n) is 18.1. The molecule has 32 heavy (non-hydrogen) atoms. The number of hydrogen-bond donors (Lipinski definition) is 3. The van der Waals surface area contributed by atoms with E-state index in [4.69, 9.17) is 14.2 Å². The molecule has 0 aliphatic heterocycles. The van der Waals surface area contributed by atoms with E-state index in [9.17, 15) is 19.5 Å². The van der Waals surface area contributed by atoms with Crippen LogP contribution in [0.1, 0.15) is 18.1 Å². The normalized spacial score (nSPS) is 13.2. The highest BCUT2D eigenvalue weighted by molar-refractivity contribution is 5.90. The van der Waals surface area contributed by atoms with Gasteiger partial charge in [-0.2, -0.15) is 0 Å². The van der Waals surface area contributed by atoms with Crippen LogP contribution in [-0.2, 0) is 32.1 Å². The largest absolute Gasteiger partial charge is 0.481 e. The molecule has 2 amide bonds. The molecule has 0 aliphatic rings. The first kappa shape index (κ1) is 24.6. The number of hydrogen-bond acceptors (Lipinski definition) is 8. The minimum absolute atomic E-state index is 0.00753. The number of aliphatic hydroxyl groups excluding tert-OH is 1. The van der Waals surface area contributed by atoms with E-state index in [2.05, 4.69) is 15.6 Å². The predicted molar refractivity (Wildman–Crippen MR) is 114 cm³/mol. The third-order valence-corrected chi connectivity index (χ3v) is 4.52. The van der Waals surface area contributed by atoms with Gasteiger partial charge in [-0.1, -0.05) is 36.4 Å². The summed E-state index contributed by atoms with van der Waals surface area (Å²) in [4.78, 5) is 41.2. The highest BCUT2D eigenvalue weighted by Crippen LogP contribution is 2.16. The van der Waals surface area contributed by atoms with Gasteiger partial charge in [0.05, 0.1) is 20.3 Å². The third kappa shape index (κ3) is 7.24. The first-order valence-corrected chi connectivity index (χ1v) is 9.87. The molecule has 1 aromatic heterocycles. The second-order valence-electron chi connectivity index (χ2n) is 6.88. The van der Waals surface area contributed by atoms with E-state index in [-0.39, 0.29) is 13.0 Å². The molecule has 3 N–H and O–H groups in total. The molecule has 3 atom stereocenters. The highest BCUT2D eigenvalue weighted by Gasteiger charge is 2.31. The predicted octanol–water partition coefficient (Wildman–Crippen LogP) is 0.966. The summed E-state index contributed by atoms with van der Waals surface area (Å²) in [5.74, 6) is -1.19. The molecular weight excluding hydrogens is 418 g/mol. The molecule has 0 bridgehead atoms. The van der Waals surface area contributed by atoms with Gasteiger partial charge < -0.3 is 30.0 Å². The van der Waals surface area contributed by atoms with Crippen LogP contribution in [0.3, 0.4) is 0 Å². The van der Waals surface area contributed by atoms with E-state index >= 15 is 0 Å². The number of amides is 2. The number of esters is 1. The smallest absolute Gasteiger partial charge is 0.408 e. The highest BCUT2D eigenvalue weighted by atomic mass is 16.5. The number of nitrogens with one attached hydrogen (secondary N) is 2. The van der Waals surface area contributed by atoms with Crippen molar-refractivity contribution in [1.82, 2.24) is 15.6 Å². The summed E-state index contributed by atoms with van der Waals surface area (Å²) in [7, 11) is 2.62. The van der Waals surface area contributed by atoms with E-state index in [1.165, 1.54) is 27.3 Å². The molecule has 1 heterocycles. The summed E-state index contributed by atoms with van der Waals surface area (Å²) < 4.78 is 15.1. The van der Waals surface area contributed by atoms with E-state index in [0.717, 1.165) is 5.56 Å². The van der Waals surface area contributed by atoms with Gasteiger partial charge in [0.2, 0.25) is 11.8 Å². The maximum atomic E-state index is 12.8. The lowest BCUT2D eigenvalue weighted by molar-refractivity contribution is -0.145. The Morgan fingerprint density at radius 3 is 2.41 bits per heavy atom. The van der Waals surface area contributed by atoms with Crippen molar-refractivity contribution in [2.45, 2.75) is 38.1 Å². The van der Waals surface area contributed by atoms with Crippen molar-refractivity contribution < 1.29 is 33.7 Å². The molecule has 2 aromatic rings. The van der Waals surface area contributed by atoms with Crippen molar-refractivity contribution in [3.8, 4) is 5.88 Å². The molecule has 10 heteroatoms. The van der Waals surface area contributed by atoms with E-state index in [0.29, 0.717) is 11.4 Å². The lowest BCUT2D eigenvalue weighted by Crippen LogP contribution is -2.56. The van der Waals surface area contributed by atoms with Crippen LogP contribution in [0.15, 0.2) is 48.7 Å². The van der Waals surface area contributed by atoms with E-state index in [1.807, 2.05) is 6.07 Å². The summed E-state index contributed by atoms with van der Waals surface area (Å²) in [6.07, 6.45) is -0.591. The SMILES string of the molecule is COC(=O)[C@@H](Cc1cccnc1OC)NC(=O)[C@@H](NC(=O)OCc1ccccc1)[C@@H](C)O. The molecule has 10 nitrogen and oxygen atoms in total. The Hall–Kier alpha value is -3.66. The van der Waals surface area contributed by atoms with Crippen LogP contribution in [0.4, 0.5) is 4.79 Å². The standard InChI is InChI=1S/C22H27N3O7/c1-14(26)18(25-22(29)32-13-15-8-5-4-6-9-15)19(27)24-17(21(28)31-3)12-16-10-7-11-23-20(16)30-2/h4-11,14,17-18,26H,12-13H2,1-3H3,(H,24,27)(H,25,29)/t14-,17-,18+/m1/s1. The van der Waals surface area contributed by atoms with Gasteiger partial charge in [0.1, 0.15) is 18.7 Å². The second kappa shape index (κ2) is 12.3. The van der Waals surface area contributed by atoms with Gasteiger partial charge in [0.25, 0.3) is 0 Å². The van der Waals surface area contributed by atoms with Crippen molar-refractivity contribution in [1.29, 1.82) is 0 Å². The Morgan fingerprint density at radius 1 is 1.06 bits per heavy atom. The van der Waals surface area contributed by atoms with Crippen molar-refractivity contribution in [2.75, 3.05) is 14.2 Å². The number of aliphatic hydroxyl groups is 1. The van der Waals surface area contributed by atoms with Gasteiger partial charge in [0, 0.05) is 18.2 Å². The van der Waals surface area contributed by atoms with E-state index in [1.54, 1.807) is 36.4 Å². The van der Waals surface area contributed by atoms with Crippen molar-refractivity contribution >= 4 is 18.0 Å². The van der Waals surface area contributed by atoms with Crippen LogP contribution in [0.2, 0.25) is 0 Å². The number of aromatic nitrogens is 1. The molecule has 0 fully saturated rings. The van der Waals surface area contributed by atoms with Gasteiger partial charge >= 0.3 is 12.1 Å². The van der Waals surface area contributed by atoms with Gasteiger partial charge in [-0.3, -0.25) is 4.79 Å². The number of carbonyl (C=O) groups is 3. The van der Waals surface area contributed by atoms with E-state index < -0.39 is 36.2 Å². The van der Waals surface area contributed by atoms with Crippen LogP contribution < -0.4 is 15.4 Å². The molecule has 0 spiro atoms. The van der Waals surface area contributed by atoms with Crippen LogP contribution in [0.5, 0.6) is 5.88 Å². The van der Waals surface area contributed by atoms with Crippen molar-refractivity contribution in [3.63, 3.8) is 0 Å². The Bertz CT molecular complexity index is 905. The maximum absolute atomic E-state index is 12.8. The molecule has 0 unspecified atom stereocenters. The average molecular weight is 445 g/mol. The molecule has 0 radical (unpaired) electrons. The summed E-state index contributed by atoms with van der Waals surface area (Å²) in [6.45, 7) is 1.32. The fraction of sp³-hybridized carbons (Fsp3) is 0.364. The Kier molecular flexibility index (Phi) is 9.43. The summed E-state index contributed by atoms with van der Waals surface area (Å²) in [5.41, 5.74) is 1.33. The van der Waals surface area contributed by atoms with Crippen LogP contribution >= 0.6 is 0 Å². The third-order valence-electron chi connectivity index (χ3n) is 4.52. The van der Waals surface area contributed by atoms with Crippen molar-refractivity contribution in [2.24, 2.45) is 0 Å². The zero-order chi connectivity index (χ0) is 23.5. The molecule has 172 valence electrons. The Morgan fingerprint density at radius 2 is 1.78 bits per heavy atom. The number of rotatable bonds is 10. The topological polar surface area (TPSA) is 136 Å². The number of nitrogens with zero attached hydrogens (tertiary/aromatic N) is 1. The average Bonchev–Trinajstić information content (AvgIpc) is 2.80. The number of carbonyl (C=O) groups excluding carboxylic acids is 3. The Balaban J connectivity index is 2.05. The molecular formula is C22H27N3O7. The first-order valence-electron chi connectivity index (χ1n) is 9.87. The minimum Gasteiger partial charge on any atom is -0.481 e. The quantitative estimate of drug-likeness (QED) is 0.460. The monoisotopic (exact) mass is 445 g/mol. The first-order chi connectivity index (χ1) is 15.3. The van der Waals surface area contributed by atoms with Gasteiger partial charge in [-0.25, -0.2) is 14.6 Å². The Labute approximate surface area is 185 Å². The number of alkyl carbamates (subject to hydrolysis) is 1.